The van der Waals surface area contributed by atoms with Gasteiger partial charge in [0.15, 0.2) is 0 Å². The van der Waals surface area contributed by atoms with E-state index < -0.39 is 0 Å². The van der Waals surface area contributed by atoms with Crippen molar-refractivity contribution < 1.29 is 4.74 Å². The number of nitrogens with zero attached hydrogens (tertiary/aromatic N) is 1. The van der Waals surface area contributed by atoms with Crippen molar-refractivity contribution in [2.24, 2.45) is 11.7 Å². The molecule has 0 bridgehead atoms. The topological polar surface area (TPSA) is 38.5 Å². The lowest BCUT2D eigenvalue weighted by Gasteiger charge is -2.40. The van der Waals surface area contributed by atoms with Gasteiger partial charge in [-0.1, -0.05) is 20.8 Å². The summed E-state index contributed by atoms with van der Waals surface area (Å²) in [6, 6.07) is 0. The second-order valence-corrected chi connectivity index (χ2v) is 4.82. The predicted molar refractivity (Wildman–Crippen MR) is 66.0 cm³/mol. The summed E-state index contributed by atoms with van der Waals surface area (Å²) in [4.78, 5) is 2.36. The minimum absolute atomic E-state index is 0.0175. The van der Waals surface area contributed by atoms with E-state index in [-0.39, 0.29) is 5.54 Å². The molecule has 0 saturated carbocycles. The Morgan fingerprint density at radius 3 is 2.33 bits per heavy atom. The predicted octanol–water partition coefficient (Wildman–Crippen LogP) is 1.72. The highest BCUT2D eigenvalue weighted by molar-refractivity contribution is 4.89. The van der Waals surface area contributed by atoms with Crippen LogP contribution in [0.1, 0.15) is 33.6 Å². The second-order valence-electron chi connectivity index (χ2n) is 4.82. The van der Waals surface area contributed by atoms with E-state index in [9.17, 15) is 0 Å². The summed E-state index contributed by atoms with van der Waals surface area (Å²) < 4.78 is 5.30. The standard InChI is InChI=1S/C12H28N2O/c1-6-12(9-13,10-15-5)14(4)8-7-11(2)3/h11H,6-10,13H2,1-5H3. The summed E-state index contributed by atoms with van der Waals surface area (Å²) >= 11 is 0. The van der Waals surface area contributed by atoms with Crippen LogP contribution in [0.2, 0.25) is 0 Å². The lowest BCUT2D eigenvalue weighted by Crippen LogP contribution is -2.55. The maximum Gasteiger partial charge on any atom is 0.0658 e. The Balaban J connectivity index is 4.32. The fourth-order valence-corrected chi connectivity index (χ4v) is 1.80. The van der Waals surface area contributed by atoms with Crippen molar-refractivity contribution >= 4 is 0 Å². The van der Waals surface area contributed by atoms with E-state index in [1.807, 2.05) is 0 Å². The maximum atomic E-state index is 5.89. The fourth-order valence-electron chi connectivity index (χ4n) is 1.80. The van der Waals surface area contributed by atoms with Crippen LogP contribution in [0, 0.1) is 5.92 Å². The van der Waals surface area contributed by atoms with E-state index in [0.717, 1.165) is 18.9 Å². The Morgan fingerprint density at radius 1 is 1.40 bits per heavy atom. The summed E-state index contributed by atoms with van der Waals surface area (Å²) in [6.45, 7) is 9.14. The average molecular weight is 216 g/mol. The van der Waals surface area contributed by atoms with Gasteiger partial charge in [-0.15, -0.1) is 0 Å². The third kappa shape index (κ3) is 4.49. The lowest BCUT2D eigenvalue weighted by molar-refractivity contribution is 0.0257. The summed E-state index contributed by atoms with van der Waals surface area (Å²) in [5.41, 5.74) is 5.91. The van der Waals surface area contributed by atoms with Crippen molar-refractivity contribution in [3.05, 3.63) is 0 Å². The van der Waals surface area contributed by atoms with Crippen molar-refractivity contribution in [3.8, 4) is 0 Å². The fraction of sp³-hybridized carbons (Fsp3) is 1.00. The smallest absolute Gasteiger partial charge is 0.0658 e. The third-order valence-corrected chi connectivity index (χ3v) is 3.30. The largest absolute Gasteiger partial charge is 0.383 e. The zero-order valence-electron chi connectivity index (χ0n) is 11.0. The Kier molecular flexibility index (Phi) is 7.14. The van der Waals surface area contributed by atoms with Gasteiger partial charge in [0.25, 0.3) is 0 Å². The molecule has 3 heteroatoms. The Labute approximate surface area is 95.0 Å². The van der Waals surface area contributed by atoms with Crippen LogP contribution >= 0.6 is 0 Å². The molecule has 0 aliphatic carbocycles. The zero-order valence-corrected chi connectivity index (χ0v) is 11.0. The van der Waals surface area contributed by atoms with Gasteiger partial charge in [0.2, 0.25) is 0 Å². The van der Waals surface area contributed by atoms with E-state index in [2.05, 4.69) is 32.7 Å². The van der Waals surface area contributed by atoms with Crippen LogP contribution < -0.4 is 5.73 Å². The maximum absolute atomic E-state index is 5.89. The molecule has 0 fully saturated rings. The highest BCUT2D eigenvalue weighted by atomic mass is 16.5. The first-order valence-electron chi connectivity index (χ1n) is 5.92. The molecule has 0 aliphatic rings. The van der Waals surface area contributed by atoms with Gasteiger partial charge in [0.05, 0.1) is 12.1 Å². The van der Waals surface area contributed by atoms with Crippen molar-refractivity contribution in [1.29, 1.82) is 0 Å². The molecule has 15 heavy (non-hydrogen) atoms. The first kappa shape index (κ1) is 14.9. The summed E-state index contributed by atoms with van der Waals surface area (Å²) in [5.74, 6) is 0.738. The third-order valence-electron chi connectivity index (χ3n) is 3.30. The van der Waals surface area contributed by atoms with Crippen LogP contribution in [0.4, 0.5) is 0 Å². The van der Waals surface area contributed by atoms with Crippen LogP contribution in [0.25, 0.3) is 0 Å². The van der Waals surface area contributed by atoms with Gasteiger partial charge in [-0.3, -0.25) is 4.90 Å². The normalized spacial score (nSPS) is 16.0. The molecule has 0 spiro atoms. The molecule has 0 rings (SSSR count). The van der Waals surface area contributed by atoms with E-state index in [4.69, 9.17) is 10.5 Å². The number of methoxy groups -OCH3 is 1. The van der Waals surface area contributed by atoms with Crippen molar-refractivity contribution in [3.63, 3.8) is 0 Å². The number of hydrogen-bond acceptors (Lipinski definition) is 3. The van der Waals surface area contributed by atoms with Gasteiger partial charge in [-0.25, -0.2) is 0 Å². The molecule has 0 radical (unpaired) electrons. The number of likely N-dealkylation sites (N-methyl/N-ethyl adjacent to an activating group) is 1. The highest BCUT2D eigenvalue weighted by Crippen LogP contribution is 2.18. The van der Waals surface area contributed by atoms with Crippen molar-refractivity contribution in [1.82, 2.24) is 4.90 Å². The molecular weight excluding hydrogens is 188 g/mol. The molecule has 1 atom stereocenters. The molecule has 0 aromatic heterocycles. The molecule has 92 valence electrons. The summed E-state index contributed by atoms with van der Waals surface area (Å²) in [5, 5.41) is 0. The Morgan fingerprint density at radius 2 is 2.00 bits per heavy atom. The van der Waals surface area contributed by atoms with Crippen LogP contribution in [0.3, 0.4) is 0 Å². The quantitative estimate of drug-likeness (QED) is 0.671. The van der Waals surface area contributed by atoms with E-state index in [0.29, 0.717) is 13.2 Å². The Bertz CT molecular complexity index is 156. The number of nitrogens with two attached hydrogens (primary N) is 1. The second kappa shape index (κ2) is 7.20. The lowest BCUT2D eigenvalue weighted by atomic mass is 9.94. The van der Waals surface area contributed by atoms with Gasteiger partial charge < -0.3 is 10.5 Å². The zero-order chi connectivity index (χ0) is 11.9. The van der Waals surface area contributed by atoms with Gasteiger partial charge in [0, 0.05) is 13.7 Å². The molecule has 0 aromatic rings. The van der Waals surface area contributed by atoms with E-state index in [1.54, 1.807) is 7.11 Å². The van der Waals surface area contributed by atoms with Crippen LogP contribution in [-0.2, 0) is 4.74 Å². The highest BCUT2D eigenvalue weighted by Gasteiger charge is 2.31. The van der Waals surface area contributed by atoms with Crippen LogP contribution in [0.15, 0.2) is 0 Å². The van der Waals surface area contributed by atoms with Crippen molar-refractivity contribution in [2.45, 2.75) is 39.2 Å². The summed E-state index contributed by atoms with van der Waals surface area (Å²) in [6.07, 6.45) is 2.24. The molecule has 0 amide bonds. The SMILES string of the molecule is CCC(CN)(COC)N(C)CCC(C)C. The monoisotopic (exact) mass is 216 g/mol. The Hall–Kier alpha value is -0.120. The molecule has 2 N–H and O–H groups in total. The van der Waals surface area contributed by atoms with E-state index >= 15 is 0 Å². The molecule has 0 aliphatic heterocycles. The number of rotatable bonds is 8. The molecule has 3 nitrogen and oxygen atoms in total. The first-order chi connectivity index (χ1) is 7.02. The average Bonchev–Trinajstić information content (AvgIpc) is 2.22. The minimum atomic E-state index is 0.0175. The van der Waals surface area contributed by atoms with Crippen LogP contribution in [0.5, 0.6) is 0 Å². The number of hydrogen-bond donors (Lipinski definition) is 1. The van der Waals surface area contributed by atoms with Gasteiger partial charge in [-0.05, 0) is 32.4 Å². The molecule has 0 heterocycles. The molecule has 0 aromatic carbocycles. The van der Waals surface area contributed by atoms with Crippen molar-refractivity contribution in [2.75, 3.05) is 33.9 Å². The van der Waals surface area contributed by atoms with Gasteiger partial charge >= 0.3 is 0 Å². The molecule has 0 saturated heterocycles. The van der Waals surface area contributed by atoms with Crippen LogP contribution in [-0.4, -0.2) is 44.3 Å². The molecular formula is C12H28N2O. The number of ether oxygens (including phenoxy) is 1. The van der Waals surface area contributed by atoms with E-state index in [1.165, 1.54) is 6.42 Å². The minimum Gasteiger partial charge on any atom is -0.383 e. The van der Waals surface area contributed by atoms with Gasteiger partial charge in [-0.2, -0.15) is 0 Å². The molecule has 1 unspecified atom stereocenters. The first-order valence-corrected chi connectivity index (χ1v) is 5.92. The van der Waals surface area contributed by atoms with Gasteiger partial charge in [0.1, 0.15) is 0 Å². The summed E-state index contributed by atoms with van der Waals surface area (Å²) in [7, 11) is 3.90.